The lowest BCUT2D eigenvalue weighted by atomic mass is 10.0. The van der Waals surface area contributed by atoms with Crippen LogP contribution in [0.3, 0.4) is 0 Å². The van der Waals surface area contributed by atoms with Gasteiger partial charge >= 0.3 is 0 Å². The molecule has 0 bridgehead atoms. The predicted molar refractivity (Wildman–Crippen MR) is 76.0 cm³/mol. The van der Waals surface area contributed by atoms with E-state index in [-0.39, 0.29) is 5.88 Å². The van der Waals surface area contributed by atoms with Gasteiger partial charge in [0.1, 0.15) is 11.6 Å². The van der Waals surface area contributed by atoms with E-state index in [2.05, 4.69) is 9.97 Å². The lowest BCUT2D eigenvalue weighted by Crippen LogP contribution is -2.06. The molecule has 0 aliphatic heterocycles. The molecule has 2 N–H and O–H groups in total. The third-order valence-electron chi connectivity index (χ3n) is 3.09. The maximum atomic E-state index is 11.5. The zero-order valence-corrected chi connectivity index (χ0v) is 10.8. The number of aromatic amines is 1. The van der Waals surface area contributed by atoms with Crippen LogP contribution >= 0.6 is 0 Å². The number of fused-ring (bicyclic) bond motifs is 1. The number of ether oxygens (including phenoxy) is 1. The van der Waals surface area contributed by atoms with Gasteiger partial charge in [0, 0.05) is 10.9 Å². The Morgan fingerprint density at radius 2 is 1.90 bits per heavy atom. The topological polar surface area (TPSA) is 75.2 Å². The molecule has 0 unspecified atom stereocenters. The smallest absolute Gasteiger partial charge is 0.254 e. The number of aromatic nitrogens is 2. The van der Waals surface area contributed by atoms with Crippen molar-refractivity contribution in [3.63, 3.8) is 0 Å². The fraction of sp³-hybridized carbons (Fsp3) is 0.0667. The first kappa shape index (κ1) is 12.2. The summed E-state index contributed by atoms with van der Waals surface area (Å²) >= 11 is 0. The van der Waals surface area contributed by atoms with Crippen molar-refractivity contribution in [1.29, 1.82) is 0 Å². The van der Waals surface area contributed by atoms with Crippen molar-refractivity contribution in [2.75, 3.05) is 7.11 Å². The van der Waals surface area contributed by atoms with Gasteiger partial charge in [0.15, 0.2) is 0 Å². The van der Waals surface area contributed by atoms with Gasteiger partial charge in [-0.1, -0.05) is 24.3 Å². The molecule has 0 saturated heterocycles. The minimum absolute atomic E-state index is 0.302. The molecule has 0 aliphatic rings. The van der Waals surface area contributed by atoms with Crippen LogP contribution in [-0.4, -0.2) is 22.2 Å². The summed E-state index contributed by atoms with van der Waals surface area (Å²) in [6, 6.07) is 12.3. The maximum absolute atomic E-state index is 11.5. The van der Waals surface area contributed by atoms with Gasteiger partial charge in [-0.05, 0) is 17.5 Å². The Labute approximate surface area is 114 Å². The first-order chi connectivity index (χ1) is 9.69. The van der Waals surface area contributed by atoms with Crippen LogP contribution in [0.5, 0.6) is 11.6 Å². The Bertz CT molecular complexity index is 840. The van der Waals surface area contributed by atoms with Gasteiger partial charge < -0.3 is 14.8 Å². The van der Waals surface area contributed by atoms with Crippen LogP contribution < -0.4 is 10.3 Å². The van der Waals surface area contributed by atoms with Gasteiger partial charge in [0.25, 0.3) is 5.56 Å². The average Bonchev–Trinajstić information content (AvgIpc) is 2.45. The van der Waals surface area contributed by atoms with E-state index in [0.717, 1.165) is 28.2 Å². The minimum Gasteiger partial charge on any atom is -0.496 e. The second-order valence-electron chi connectivity index (χ2n) is 4.31. The summed E-state index contributed by atoms with van der Waals surface area (Å²) in [6.45, 7) is 0. The number of aromatic hydroxyl groups is 1. The average molecular weight is 268 g/mol. The molecule has 100 valence electrons. The third-order valence-corrected chi connectivity index (χ3v) is 3.09. The number of nitrogens with one attached hydrogen (secondary N) is 1. The molecule has 5 nitrogen and oxygen atoms in total. The van der Waals surface area contributed by atoms with Gasteiger partial charge in [-0.25, -0.2) is 0 Å². The fourth-order valence-corrected chi connectivity index (χ4v) is 2.23. The van der Waals surface area contributed by atoms with Crippen molar-refractivity contribution in [2.24, 2.45) is 0 Å². The highest BCUT2D eigenvalue weighted by molar-refractivity contribution is 5.98. The minimum atomic E-state index is -0.396. The Kier molecular flexibility index (Phi) is 2.87. The third kappa shape index (κ3) is 1.99. The number of nitrogens with zero attached hydrogens (tertiary/aromatic N) is 1. The molecule has 0 spiro atoms. The summed E-state index contributed by atoms with van der Waals surface area (Å²) < 4.78 is 5.32. The summed E-state index contributed by atoms with van der Waals surface area (Å²) in [5.41, 5.74) is 0.335. The predicted octanol–water partition coefficient (Wildman–Crippen LogP) is 2.30. The van der Waals surface area contributed by atoms with Crippen LogP contribution in [-0.2, 0) is 0 Å². The zero-order chi connectivity index (χ0) is 14.1. The van der Waals surface area contributed by atoms with E-state index in [0.29, 0.717) is 5.82 Å². The monoisotopic (exact) mass is 268 g/mol. The lowest BCUT2D eigenvalue weighted by Gasteiger charge is -2.09. The standard InChI is InChI=1S/C15H12N2O3/c1-20-12-7-6-11(9-4-2-3-5-10(9)12)15-16-13(18)8-14(19)17-15/h2-8H,1H3,(H2,16,17,18,19). The summed E-state index contributed by atoms with van der Waals surface area (Å²) in [6.07, 6.45) is 0. The molecular weight excluding hydrogens is 256 g/mol. The highest BCUT2D eigenvalue weighted by Crippen LogP contribution is 2.32. The molecule has 3 aromatic rings. The van der Waals surface area contributed by atoms with Crippen LogP contribution in [0.2, 0.25) is 0 Å². The first-order valence-electron chi connectivity index (χ1n) is 6.05. The van der Waals surface area contributed by atoms with E-state index in [1.807, 2.05) is 30.3 Å². The number of H-pyrrole nitrogens is 1. The van der Waals surface area contributed by atoms with E-state index >= 15 is 0 Å². The van der Waals surface area contributed by atoms with E-state index in [9.17, 15) is 9.90 Å². The van der Waals surface area contributed by atoms with Crippen molar-refractivity contribution >= 4 is 10.8 Å². The number of methoxy groups -OCH3 is 1. The molecule has 0 amide bonds. The highest BCUT2D eigenvalue weighted by atomic mass is 16.5. The fourth-order valence-electron chi connectivity index (χ4n) is 2.23. The Balaban J connectivity index is 2.34. The quantitative estimate of drug-likeness (QED) is 0.747. The number of rotatable bonds is 2. The van der Waals surface area contributed by atoms with Gasteiger partial charge in [-0.15, -0.1) is 0 Å². The summed E-state index contributed by atoms with van der Waals surface area (Å²) in [4.78, 5) is 18.1. The molecular formula is C15H12N2O3. The summed E-state index contributed by atoms with van der Waals surface area (Å²) in [5, 5.41) is 11.3. The van der Waals surface area contributed by atoms with E-state index in [1.165, 1.54) is 0 Å². The van der Waals surface area contributed by atoms with Crippen molar-refractivity contribution in [3.8, 4) is 23.0 Å². The van der Waals surface area contributed by atoms with Crippen molar-refractivity contribution in [3.05, 3.63) is 52.8 Å². The second kappa shape index (κ2) is 4.70. The van der Waals surface area contributed by atoms with Crippen LogP contribution in [0.15, 0.2) is 47.3 Å². The number of hydrogen-bond donors (Lipinski definition) is 2. The molecule has 2 aromatic carbocycles. The number of benzene rings is 2. The molecule has 1 aromatic heterocycles. The van der Waals surface area contributed by atoms with Crippen LogP contribution in [0.1, 0.15) is 0 Å². The largest absolute Gasteiger partial charge is 0.496 e. The molecule has 0 saturated carbocycles. The van der Waals surface area contributed by atoms with Gasteiger partial charge in [0.2, 0.25) is 5.88 Å². The van der Waals surface area contributed by atoms with Crippen LogP contribution in [0.25, 0.3) is 22.2 Å². The van der Waals surface area contributed by atoms with E-state index in [1.54, 1.807) is 13.2 Å². The molecule has 0 fully saturated rings. The first-order valence-corrected chi connectivity index (χ1v) is 6.05. The molecule has 20 heavy (non-hydrogen) atoms. The van der Waals surface area contributed by atoms with Gasteiger partial charge in [0.05, 0.1) is 13.2 Å². The van der Waals surface area contributed by atoms with Crippen LogP contribution in [0.4, 0.5) is 0 Å². The second-order valence-corrected chi connectivity index (χ2v) is 4.31. The molecule has 0 radical (unpaired) electrons. The van der Waals surface area contributed by atoms with Gasteiger partial charge in [-0.3, -0.25) is 4.79 Å². The zero-order valence-electron chi connectivity index (χ0n) is 10.8. The van der Waals surface area contributed by atoms with E-state index < -0.39 is 5.56 Å². The van der Waals surface area contributed by atoms with Crippen molar-refractivity contribution < 1.29 is 9.84 Å². The maximum Gasteiger partial charge on any atom is 0.254 e. The Morgan fingerprint density at radius 1 is 1.15 bits per heavy atom. The highest BCUT2D eigenvalue weighted by Gasteiger charge is 2.10. The molecule has 1 heterocycles. The van der Waals surface area contributed by atoms with Crippen LogP contribution in [0, 0.1) is 0 Å². The normalized spacial score (nSPS) is 10.7. The molecule has 0 atom stereocenters. The van der Waals surface area contributed by atoms with Crippen molar-refractivity contribution in [2.45, 2.75) is 0 Å². The molecule has 3 rings (SSSR count). The Hall–Kier alpha value is -2.82. The molecule has 5 heteroatoms. The molecule has 0 aliphatic carbocycles. The van der Waals surface area contributed by atoms with E-state index in [4.69, 9.17) is 4.74 Å². The summed E-state index contributed by atoms with van der Waals surface area (Å²) in [5.74, 6) is 0.768. The van der Waals surface area contributed by atoms with Crippen molar-refractivity contribution in [1.82, 2.24) is 9.97 Å². The summed E-state index contributed by atoms with van der Waals surface area (Å²) in [7, 11) is 1.61. The lowest BCUT2D eigenvalue weighted by molar-refractivity contribution is 0.420. The number of hydrogen-bond acceptors (Lipinski definition) is 4. The SMILES string of the molecule is COc1ccc(-c2nc(O)cc(=O)[nH]2)c2ccccc12. The Morgan fingerprint density at radius 3 is 2.60 bits per heavy atom. The van der Waals surface area contributed by atoms with Gasteiger partial charge in [-0.2, -0.15) is 4.98 Å².